The zero-order valence-corrected chi connectivity index (χ0v) is 16.5. The lowest BCUT2D eigenvalue weighted by Gasteiger charge is -2.43. The maximum absolute atomic E-state index is 2.48. The van der Waals surface area contributed by atoms with Crippen LogP contribution in [0.5, 0.6) is 0 Å². The topological polar surface area (TPSA) is 0 Å². The van der Waals surface area contributed by atoms with Crippen LogP contribution in [0.25, 0.3) is 6.08 Å². The Balaban J connectivity index is 2.11. The first kappa shape index (κ1) is 18.0. The van der Waals surface area contributed by atoms with Crippen molar-refractivity contribution in [3.8, 4) is 0 Å². The Hall–Kier alpha value is -1.82. The van der Waals surface area contributed by atoms with Crippen molar-refractivity contribution in [2.75, 3.05) is 0 Å². The van der Waals surface area contributed by atoms with E-state index >= 15 is 0 Å². The first-order valence-corrected chi connectivity index (χ1v) is 9.81. The summed E-state index contributed by atoms with van der Waals surface area (Å²) in [5.74, 6) is 0.660. The van der Waals surface area contributed by atoms with Crippen LogP contribution in [0.2, 0.25) is 0 Å². The van der Waals surface area contributed by atoms with Crippen molar-refractivity contribution in [3.63, 3.8) is 0 Å². The van der Waals surface area contributed by atoms with Crippen LogP contribution in [0, 0.1) is 5.92 Å². The molecule has 0 saturated heterocycles. The van der Waals surface area contributed by atoms with E-state index in [1.165, 1.54) is 29.5 Å². The Morgan fingerprint density at radius 3 is 2.72 bits per heavy atom. The van der Waals surface area contributed by atoms with Gasteiger partial charge in [0, 0.05) is 5.41 Å². The van der Waals surface area contributed by atoms with Crippen molar-refractivity contribution < 1.29 is 0 Å². The average Bonchev–Trinajstić information content (AvgIpc) is 2.58. The van der Waals surface area contributed by atoms with Gasteiger partial charge in [0.1, 0.15) is 0 Å². The van der Waals surface area contributed by atoms with E-state index in [4.69, 9.17) is 0 Å². The van der Waals surface area contributed by atoms with Crippen molar-refractivity contribution in [1.82, 2.24) is 0 Å². The summed E-state index contributed by atoms with van der Waals surface area (Å²) >= 11 is 0. The lowest BCUT2D eigenvalue weighted by molar-refractivity contribution is 0.522. The Morgan fingerprint density at radius 2 is 2.00 bits per heavy atom. The number of fused-ring (bicyclic) bond motifs is 1. The SMILES string of the molecule is C/C=C\c1cccc2c1CC1=C(C(C)=CCC1CC=CCC)C2(C)C. The molecule has 0 fully saturated rings. The van der Waals surface area contributed by atoms with Crippen LogP contribution < -0.4 is 0 Å². The highest BCUT2D eigenvalue weighted by Crippen LogP contribution is 2.50. The van der Waals surface area contributed by atoms with E-state index in [0.717, 1.165) is 12.8 Å². The van der Waals surface area contributed by atoms with E-state index in [1.807, 2.05) is 0 Å². The van der Waals surface area contributed by atoms with Crippen molar-refractivity contribution in [3.05, 3.63) is 75.9 Å². The van der Waals surface area contributed by atoms with Crippen molar-refractivity contribution in [2.24, 2.45) is 5.92 Å². The summed E-state index contributed by atoms with van der Waals surface area (Å²) in [7, 11) is 0. The van der Waals surface area contributed by atoms with E-state index in [-0.39, 0.29) is 5.41 Å². The average molecular weight is 333 g/mol. The molecule has 0 nitrogen and oxygen atoms in total. The van der Waals surface area contributed by atoms with Crippen LogP contribution >= 0.6 is 0 Å². The van der Waals surface area contributed by atoms with Gasteiger partial charge < -0.3 is 0 Å². The molecular formula is C25H32. The second kappa shape index (κ2) is 7.20. The molecule has 2 aliphatic rings. The Labute approximate surface area is 154 Å². The molecule has 1 aromatic carbocycles. The summed E-state index contributed by atoms with van der Waals surface area (Å²) < 4.78 is 0. The predicted molar refractivity (Wildman–Crippen MR) is 111 cm³/mol. The number of allylic oxidation sites excluding steroid dienone is 7. The zero-order valence-electron chi connectivity index (χ0n) is 16.5. The predicted octanol–water partition coefficient (Wildman–Crippen LogP) is 7.17. The number of hydrogen-bond acceptors (Lipinski definition) is 0. The van der Waals surface area contributed by atoms with Crippen molar-refractivity contribution in [2.45, 2.75) is 65.7 Å². The van der Waals surface area contributed by atoms with Gasteiger partial charge in [0.2, 0.25) is 0 Å². The molecule has 0 heterocycles. The summed E-state index contributed by atoms with van der Waals surface area (Å²) in [6.07, 6.45) is 16.2. The van der Waals surface area contributed by atoms with Gasteiger partial charge in [-0.2, -0.15) is 0 Å². The fourth-order valence-corrected chi connectivity index (χ4v) is 4.86. The maximum atomic E-state index is 2.48. The molecule has 1 unspecified atom stereocenters. The van der Waals surface area contributed by atoms with Crippen LogP contribution in [-0.2, 0) is 11.8 Å². The third-order valence-electron chi connectivity index (χ3n) is 5.96. The lowest BCUT2D eigenvalue weighted by Crippen LogP contribution is -2.32. The molecule has 0 bridgehead atoms. The first-order chi connectivity index (χ1) is 12.0. The van der Waals surface area contributed by atoms with E-state index in [1.54, 1.807) is 16.7 Å². The fourth-order valence-electron chi connectivity index (χ4n) is 4.86. The van der Waals surface area contributed by atoms with E-state index in [2.05, 4.69) is 83.2 Å². The fraction of sp³-hybridized carbons (Fsp3) is 0.440. The molecule has 0 N–H and O–H groups in total. The minimum absolute atomic E-state index is 0.0915. The molecule has 3 rings (SSSR count). The molecule has 2 aliphatic carbocycles. The normalized spacial score (nSPS) is 22.3. The van der Waals surface area contributed by atoms with Crippen LogP contribution in [0.1, 0.15) is 70.6 Å². The minimum Gasteiger partial charge on any atom is -0.0888 e. The van der Waals surface area contributed by atoms with Crippen LogP contribution in [-0.4, -0.2) is 0 Å². The van der Waals surface area contributed by atoms with E-state index in [9.17, 15) is 0 Å². The summed E-state index contributed by atoms with van der Waals surface area (Å²) in [5.41, 5.74) is 9.35. The molecule has 132 valence electrons. The summed E-state index contributed by atoms with van der Waals surface area (Å²) in [6, 6.07) is 6.85. The molecule has 0 radical (unpaired) electrons. The van der Waals surface area contributed by atoms with Crippen LogP contribution in [0.15, 0.2) is 59.2 Å². The van der Waals surface area contributed by atoms with Crippen molar-refractivity contribution >= 4 is 6.08 Å². The quantitative estimate of drug-likeness (QED) is 0.512. The second-order valence-electron chi connectivity index (χ2n) is 8.01. The highest BCUT2D eigenvalue weighted by molar-refractivity contribution is 5.64. The molecule has 25 heavy (non-hydrogen) atoms. The Bertz CT molecular complexity index is 765. The number of hydrogen-bond donors (Lipinski definition) is 0. The monoisotopic (exact) mass is 332 g/mol. The van der Waals surface area contributed by atoms with Gasteiger partial charge in [-0.1, -0.05) is 80.5 Å². The molecule has 0 saturated carbocycles. The minimum atomic E-state index is 0.0915. The van der Waals surface area contributed by atoms with Gasteiger partial charge in [-0.25, -0.2) is 0 Å². The molecule has 1 aromatic rings. The molecule has 0 aromatic heterocycles. The Kier molecular flexibility index (Phi) is 5.18. The first-order valence-electron chi connectivity index (χ1n) is 9.81. The highest BCUT2D eigenvalue weighted by atomic mass is 14.4. The molecule has 0 amide bonds. The smallest absolute Gasteiger partial charge is 0.0151 e. The number of benzene rings is 1. The third-order valence-corrected chi connectivity index (χ3v) is 5.96. The summed E-state index contributed by atoms with van der Waals surface area (Å²) in [5, 5.41) is 0. The summed E-state index contributed by atoms with van der Waals surface area (Å²) in [4.78, 5) is 0. The molecule has 0 heteroatoms. The van der Waals surface area contributed by atoms with Gasteiger partial charge in [-0.3, -0.25) is 0 Å². The zero-order chi connectivity index (χ0) is 18.0. The van der Waals surface area contributed by atoms with E-state index in [0.29, 0.717) is 5.92 Å². The number of rotatable bonds is 4. The van der Waals surface area contributed by atoms with Gasteiger partial charge in [0.15, 0.2) is 0 Å². The highest BCUT2D eigenvalue weighted by Gasteiger charge is 2.38. The molecule has 0 spiro atoms. The van der Waals surface area contributed by atoms with Crippen LogP contribution in [0.3, 0.4) is 0 Å². The maximum Gasteiger partial charge on any atom is 0.0151 e. The lowest BCUT2D eigenvalue weighted by atomic mass is 9.61. The Morgan fingerprint density at radius 1 is 1.20 bits per heavy atom. The van der Waals surface area contributed by atoms with Gasteiger partial charge in [0.25, 0.3) is 0 Å². The van der Waals surface area contributed by atoms with E-state index < -0.39 is 0 Å². The largest absolute Gasteiger partial charge is 0.0888 e. The molecular weight excluding hydrogens is 300 g/mol. The second-order valence-corrected chi connectivity index (χ2v) is 8.01. The molecule has 0 aliphatic heterocycles. The summed E-state index contributed by atoms with van der Waals surface area (Å²) in [6.45, 7) is 11.5. The third kappa shape index (κ3) is 3.19. The van der Waals surface area contributed by atoms with Crippen molar-refractivity contribution in [1.29, 1.82) is 0 Å². The van der Waals surface area contributed by atoms with Crippen LogP contribution in [0.4, 0.5) is 0 Å². The molecule has 1 atom stereocenters. The van der Waals surface area contributed by atoms with Gasteiger partial charge in [-0.15, -0.1) is 0 Å². The standard InChI is InChI=1S/C25H32/c1-6-8-9-12-20-16-15-18(3)24-22(20)17-21-19(11-7-2)13-10-14-23(21)25(24,4)5/h7-11,13-15,20H,6,12,16-17H2,1-5H3/b9-8?,11-7-. The van der Waals surface area contributed by atoms with Gasteiger partial charge >= 0.3 is 0 Å². The van der Waals surface area contributed by atoms with Gasteiger partial charge in [-0.05, 0) is 67.7 Å². The van der Waals surface area contributed by atoms with Gasteiger partial charge in [0.05, 0.1) is 0 Å².